The van der Waals surface area contributed by atoms with Crippen LogP contribution < -0.4 is 5.63 Å². The highest BCUT2D eigenvalue weighted by Gasteiger charge is 2.19. The summed E-state index contributed by atoms with van der Waals surface area (Å²) in [5, 5.41) is 0. The molecule has 2 rings (SSSR count). The molecule has 0 fully saturated rings. The van der Waals surface area contributed by atoms with E-state index in [1.807, 2.05) is 0 Å². The standard InChI is InChI=1S/C9H10O3/c1-5-7-3-11-4-8(7)6(2)12-9(5)10/h3-4H2,1-2H3. The van der Waals surface area contributed by atoms with E-state index in [0.717, 1.165) is 11.1 Å². The lowest BCUT2D eigenvalue weighted by Gasteiger charge is -2.01. The van der Waals surface area contributed by atoms with Gasteiger partial charge >= 0.3 is 5.63 Å². The predicted molar refractivity (Wildman–Crippen MR) is 42.9 cm³/mol. The molecule has 3 nitrogen and oxygen atoms in total. The maximum absolute atomic E-state index is 11.2. The lowest BCUT2D eigenvalue weighted by Crippen LogP contribution is -2.08. The van der Waals surface area contributed by atoms with Gasteiger partial charge in [-0.3, -0.25) is 0 Å². The van der Waals surface area contributed by atoms with Gasteiger partial charge in [-0.1, -0.05) is 0 Å². The summed E-state index contributed by atoms with van der Waals surface area (Å²) in [6, 6.07) is 0. The van der Waals surface area contributed by atoms with Crippen LogP contribution in [0.2, 0.25) is 0 Å². The van der Waals surface area contributed by atoms with E-state index in [1.54, 1.807) is 13.8 Å². The molecule has 0 atom stereocenters. The van der Waals surface area contributed by atoms with E-state index >= 15 is 0 Å². The van der Waals surface area contributed by atoms with E-state index < -0.39 is 0 Å². The molecule has 0 radical (unpaired) electrons. The summed E-state index contributed by atoms with van der Waals surface area (Å²) < 4.78 is 10.2. The van der Waals surface area contributed by atoms with Crippen molar-refractivity contribution < 1.29 is 9.15 Å². The van der Waals surface area contributed by atoms with Crippen molar-refractivity contribution in [3.63, 3.8) is 0 Å². The van der Waals surface area contributed by atoms with Crippen LogP contribution >= 0.6 is 0 Å². The van der Waals surface area contributed by atoms with Crippen molar-refractivity contribution in [1.82, 2.24) is 0 Å². The van der Waals surface area contributed by atoms with Crippen LogP contribution in [0.1, 0.15) is 22.5 Å². The summed E-state index contributed by atoms with van der Waals surface area (Å²) in [4.78, 5) is 11.2. The first-order valence-electron chi connectivity index (χ1n) is 3.90. The van der Waals surface area contributed by atoms with Gasteiger partial charge in [0.2, 0.25) is 0 Å². The average molecular weight is 166 g/mol. The fourth-order valence-electron chi connectivity index (χ4n) is 1.48. The van der Waals surface area contributed by atoms with Crippen LogP contribution in [0.15, 0.2) is 9.21 Å². The van der Waals surface area contributed by atoms with E-state index in [-0.39, 0.29) is 5.63 Å². The van der Waals surface area contributed by atoms with Crippen LogP contribution in [0.3, 0.4) is 0 Å². The molecule has 0 spiro atoms. The predicted octanol–water partition coefficient (Wildman–Crippen LogP) is 1.29. The zero-order valence-corrected chi connectivity index (χ0v) is 7.14. The van der Waals surface area contributed by atoms with E-state index in [2.05, 4.69) is 0 Å². The molecule has 2 heterocycles. The van der Waals surface area contributed by atoms with Gasteiger partial charge in [0.25, 0.3) is 0 Å². The number of aryl methyl sites for hydroxylation is 1. The molecule has 0 amide bonds. The summed E-state index contributed by atoms with van der Waals surface area (Å²) in [5.74, 6) is 0.693. The third kappa shape index (κ3) is 0.898. The summed E-state index contributed by atoms with van der Waals surface area (Å²) >= 11 is 0. The molecule has 12 heavy (non-hydrogen) atoms. The molecule has 0 unspecified atom stereocenters. The zero-order valence-electron chi connectivity index (χ0n) is 7.14. The van der Waals surface area contributed by atoms with Crippen LogP contribution in [0.5, 0.6) is 0 Å². The van der Waals surface area contributed by atoms with Crippen molar-refractivity contribution >= 4 is 0 Å². The number of rotatable bonds is 0. The Kier molecular flexibility index (Phi) is 1.54. The second kappa shape index (κ2) is 2.45. The van der Waals surface area contributed by atoms with E-state index in [9.17, 15) is 4.79 Å². The number of hydrogen-bond acceptors (Lipinski definition) is 3. The second-order valence-electron chi connectivity index (χ2n) is 3.02. The molecule has 0 aromatic carbocycles. The third-order valence-electron chi connectivity index (χ3n) is 2.29. The molecule has 0 N–H and O–H groups in total. The van der Waals surface area contributed by atoms with Crippen molar-refractivity contribution in [3.05, 3.63) is 32.9 Å². The van der Waals surface area contributed by atoms with Gasteiger partial charge in [-0.25, -0.2) is 4.79 Å². The Hall–Kier alpha value is -1.09. The molecule has 3 heteroatoms. The number of fused-ring (bicyclic) bond motifs is 1. The topological polar surface area (TPSA) is 39.4 Å². The second-order valence-corrected chi connectivity index (χ2v) is 3.02. The van der Waals surface area contributed by atoms with Gasteiger partial charge in [0.05, 0.1) is 13.2 Å². The molecule has 1 aromatic rings. The van der Waals surface area contributed by atoms with E-state index in [4.69, 9.17) is 9.15 Å². The van der Waals surface area contributed by atoms with Gasteiger partial charge in [0, 0.05) is 11.1 Å². The molecule has 1 aromatic heterocycles. The largest absolute Gasteiger partial charge is 0.428 e. The summed E-state index contributed by atoms with van der Waals surface area (Å²) in [5.41, 5.74) is 2.51. The molecule has 0 saturated carbocycles. The summed E-state index contributed by atoms with van der Waals surface area (Å²) in [6.07, 6.45) is 0. The quantitative estimate of drug-likeness (QED) is 0.583. The van der Waals surface area contributed by atoms with Gasteiger partial charge in [-0.2, -0.15) is 0 Å². The minimum Gasteiger partial charge on any atom is -0.428 e. The monoisotopic (exact) mass is 166 g/mol. The SMILES string of the molecule is Cc1oc(=O)c(C)c2c1COC2. The van der Waals surface area contributed by atoms with Crippen molar-refractivity contribution in [2.75, 3.05) is 0 Å². The first-order chi connectivity index (χ1) is 5.70. The van der Waals surface area contributed by atoms with Gasteiger partial charge in [0.15, 0.2) is 0 Å². The molecule has 0 saturated heterocycles. The summed E-state index contributed by atoms with van der Waals surface area (Å²) in [6.45, 7) is 4.70. The maximum atomic E-state index is 11.2. The Labute approximate surface area is 70.0 Å². The van der Waals surface area contributed by atoms with Gasteiger partial charge in [-0.15, -0.1) is 0 Å². The molecule has 1 aliphatic heterocycles. The van der Waals surface area contributed by atoms with Gasteiger partial charge in [0.1, 0.15) is 5.76 Å². The molecular weight excluding hydrogens is 156 g/mol. The fourth-order valence-corrected chi connectivity index (χ4v) is 1.48. The smallest absolute Gasteiger partial charge is 0.339 e. The van der Waals surface area contributed by atoms with E-state index in [0.29, 0.717) is 24.5 Å². The van der Waals surface area contributed by atoms with Crippen molar-refractivity contribution in [3.8, 4) is 0 Å². The van der Waals surface area contributed by atoms with Crippen molar-refractivity contribution in [2.24, 2.45) is 0 Å². The number of ether oxygens (including phenoxy) is 1. The minimum absolute atomic E-state index is 0.239. The molecule has 0 aliphatic carbocycles. The highest BCUT2D eigenvalue weighted by molar-refractivity contribution is 5.34. The first-order valence-corrected chi connectivity index (χ1v) is 3.90. The Balaban J connectivity index is 2.78. The Morgan fingerprint density at radius 2 is 1.83 bits per heavy atom. The first kappa shape index (κ1) is 7.55. The number of hydrogen-bond donors (Lipinski definition) is 0. The Morgan fingerprint density at radius 1 is 1.17 bits per heavy atom. The molecule has 1 aliphatic rings. The van der Waals surface area contributed by atoms with Gasteiger partial charge < -0.3 is 9.15 Å². The fraction of sp³-hybridized carbons (Fsp3) is 0.444. The normalized spacial score (nSPS) is 14.8. The van der Waals surface area contributed by atoms with Crippen molar-refractivity contribution in [2.45, 2.75) is 27.1 Å². The van der Waals surface area contributed by atoms with E-state index in [1.165, 1.54) is 0 Å². The maximum Gasteiger partial charge on any atom is 0.339 e. The lowest BCUT2D eigenvalue weighted by molar-refractivity contribution is 0.133. The average Bonchev–Trinajstić information content (AvgIpc) is 2.48. The highest BCUT2D eigenvalue weighted by atomic mass is 16.5. The van der Waals surface area contributed by atoms with Crippen molar-refractivity contribution in [1.29, 1.82) is 0 Å². The molecule has 0 bridgehead atoms. The van der Waals surface area contributed by atoms with Gasteiger partial charge in [-0.05, 0) is 19.4 Å². The van der Waals surface area contributed by atoms with Crippen LogP contribution in [0.25, 0.3) is 0 Å². The van der Waals surface area contributed by atoms with Crippen LogP contribution in [-0.2, 0) is 18.0 Å². The van der Waals surface area contributed by atoms with Crippen LogP contribution in [0, 0.1) is 13.8 Å². The minimum atomic E-state index is -0.239. The van der Waals surface area contributed by atoms with Crippen LogP contribution in [-0.4, -0.2) is 0 Å². The summed E-state index contributed by atoms with van der Waals surface area (Å²) in [7, 11) is 0. The molecular formula is C9H10O3. The Bertz CT molecular complexity index is 376. The third-order valence-corrected chi connectivity index (χ3v) is 2.29. The zero-order chi connectivity index (χ0) is 8.72. The molecule has 64 valence electrons. The van der Waals surface area contributed by atoms with Crippen LogP contribution in [0.4, 0.5) is 0 Å². The lowest BCUT2D eigenvalue weighted by atomic mass is 10.1. The highest BCUT2D eigenvalue weighted by Crippen LogP contribution is 2.23. The Morgan fingerprint density at radius 3 is 2.58 bits per heavy atom.